The lowest BCUT2D eigenvalue weighted by molar-refractivity contribution is -0.138. The highest BCUT2D eigenvalue weighted by atomic mass is 79.9. The topological polar surface area (TPSA) is 46.2 Å². The maximum Gasteiger partial charge on any atom is 0.416 e. The lowest BCUT2D eigenvalue weighted by atomic mass is 10.1. The number of nitrogens with one attached hydrogen (secondary N) is 1. The third kappa shape index (κ3) is 3.93. The maximum absolute atomic E-state index is 12.7. The first kappa shape index (κ1) is 16.5. The molecule has 0 heterocycles. The fourth-order valence-corrected chi connectivity index (χ4v) is 3.46. The van der Waals surface area contributed by atoms with Crippen molar-refractivity contribution in [3.63, 3.8) is 0 Å². The zero-order valence-electron chi connectivity index (χ0n) is 10.3. The third-order valence-electron chi connectivity index (χ3n) is 2.47. The fraction of sp³-hybridized carbons (Fsp3) is 0.455. The van der Waals surface area contributed by atoms with E-state index in [1.54, 1.807) is 6.92 Å². The van der Waals surface area contributed by atoms with Gasteiger partial charge in [0.1, 0.15) is 0 Å². The summed E-state index contributed by atoms with van der Waals surface area (Å²) in [5.41, 5.74) is -1.24. The molecule has 19 heavy (non-hydrogen) atoms. The van der Waals surface area contributed by atoms with E-state index in [0.717, 1.165) is 25.1 Å². The van der Waals surface area contributed by atoms with Crippen LogP contribution in [0.5, 0.6) is 0 Å². The highest BCUT2D eigenvalue weighted by Crippen LogP contribution is 2.34. The Kier molecular flexibility index (Phi) is 5.02. The van der Waals surface area contributed by atoms with E-state index in [1.807, 2.05) is 0 Å². The molecule has 0 aliphatic carbocycles. The number of rotatable bonds is 4. The van der Waals surface area contributed by atoms with Crippen molar-refractivity contribution in [3.8, 4) is 0 Å². The minimum absolute atomic E-state index is 0.302. The Hall–Kier alpha value is -0.600. The Labute approximate surface area is 118 Å². The van der Waals surface area contributed by atoms with Crippen LogP contribution in [0.3, 0.4) is 0 Å². The van der Waals surface area contributed by atoms with Crippen LogP contribution in [0.25, 0.3) is 0 Å². The molecule has 1 N–H and O–H groups in total. The lowest BCUT2D eigenvalue weighted by Gasteiger charge is -2.16. The molecule has 0 radical (unpaired) electrons. The second-order valence-electron chi connectivity index (χ2n) is 4.10. The Balaban J connectivity index is 3.30. The Bertz CT molecular complexity index is 558. The number of benzene rings is 1. The summed E-state index contributed by atoms with van der Waals surface area (Å²) >= 11 is 3.10. The summed E-state index contributed by atoms with van der Waals surface area (Å²) in [5.74, 6) is 0. The van der Waals surface area contributed by atoms with Gasteiger partial charge in [0.05, 0.1) is 10.5 Å². The molecule has 108 valence electrons. The van der Waals surface area contributed by atoms with Crippen LogP contribution in [0, 0.1) is 6.92 Å². The van der Waals surface area contributed by atoms with E-state index in [2.05, 4.69) is 20.7 Å². The van der Waals surface area contributed by atoms with E-state index in [1.165, 1.54) is 0 Å². The first-order valence-corrected chi connectivity index (χ1v) is 7.95. The van der Waals surface area contributed by atoms with Crippen molar-refractivity contribution >= 4 is 26.0 Å². The smallest absolute Gasteiger partial charge is 0.208 e. The molecule has 8 heteroatoms. The van der Waals surface area contributed by atoms with Crippen molar-refractivity contribution in [3.05, 3.63) is 29.3 Å². The molecule has 1 unspecified atom stereocenters. The molecule has 1 rings (SSSR count). The van der Waals surface area contributed by atoms with Crippen molar-refractivity contribution in [1.29, 1.82) is 0 Å². The van der Waals surface area contributed by atoms with Gasteiger partial charge in [0.15, 0.2) is 0 Å². The number of hydrogen-bond donors (Lipinski definition) is 1. The summed E-state index contributed by atoms with van der Waals surface area (Å²) in [6.07, 6.45) is -4.57. The molecule has 0 aromatic heterocycles. The third-order valence-corrected chi connectivity index (χ3v) is 5.17. The van der Waals surface area contributed by atoms with Crippen LogP contribution in [-0.4, -0.2) is 19.8 Å². The SMILES string of the molecule is Cc1c(C(F)(F)F)cccc1S(=O)(=O)NC(C)CBr. The maximum atomic E-state index is 12.7. The van der Waals surface area contributed by atoms with Crippen molar-refractivity contribution < 1.29 is 21.6 Å². The van der Waals surface area contributed by atoms with Crippen molar-refractivity contribution in [2.45, 2.75) is 31.0 Å². The fourth-order valence-electron chi connectivity index (χ4n) is 1.57. The van der Waals surface area contributed by atoms with Crippen molar-refractivity contribution in [2.24, 2.45) is 0 Å². The van der Waals surface area contributed by atoms with Gasteiger partial charge >= 0.3 is 6.18 Å². The number of sulfonamides is 1. The van der Waals surface area contributed by atoms with Crippen molar-refractivity contribution in [2.75, 3.05) is 5.33 Å². The quantitative estimate of drug-likeness (QED) is 0.839. The van der Waals surface area contributed by atoms with Gasteiger partial charge in [-0.2, -0.15) is 13.2 Å². The summed E-state index contributed by atoms with van der Waals surface area (Å²) < 4.78 is 64.5. The number of alkyl halides is 4. The first-order chi connectivity index (χ1) is 8.59. The van der Waals surface area contributed by atoms with E-state index >= 15 is 0 Å². The van der Waals surface area contributed by atoms with Gasteiger partial charge in [0.2, 0.25) is 10.0 Å². The number of hydrogen-bond acceptors (Lipinski definition) is 2. The summed E-state index contributed by atoms with van der Waals surface area (Å²) in [6, 6.07) is 2.69. The van der Waals surface area contributed by atoms with Gasteiger partial charge in [0.25, 0.3) is 0 Å². The minimum atomic E-state index is -4.57. The minimum Gasteiger partial charge on any atom is -0.208 e. The average molecular weight is 360 g/mol. The summed E-state index contributed by atoms with van der Waals surface area (Å²) in [6.45, 7) is 2.76. The summed E-state index contributed by atoms with van der Waals surface area (Å²) in [4.78, 5) is -0.352. The Morgan fingerprint density at radius 2 is 1.95 bits per heavy atom. The van der Waals surface area contributed by atoms with Gasteiger partial charge in [-0.05, 0) is 31.5 Å². The van der Waals surface area contributed by atoms with E-state index < -0.39 is 27.8 Å². The summed E-state index contributed by atoms with van der Waals surface area (Å²) in [5, 5.41) is 0.365. The Morgan fingerprint density at radius 3 is 2.42 bits per heavy atom. The second-order valence-corrected chi connectivity index (χ2v) is 6.43. The molecule has 0 fully saturated rings. The zero-order chi connectivity index (χ0) is 14.8. The van der Waals surface area contributed by atoms with Crippen LogP contribution < -0.4 is 4.72 Å². The molecule has 1 atom stereocenters. The van der Waals surface area contributed by atoms with Crippen LogP contribution in [0.4, 0.5) is 13.2 Å². The van der Waals surface area contributed by atoms with Crippen molar-refractivity contribution in [1.82, 2.24) is 4.72 Å². The monoisotopic (exact) mass is 359 g/mol. The first-order valence-electron chi connectivity index (χ1n) is 5.34. The van der Waals surface area contributed by atoms with Crippen LogP contribution in [0.1, 0.15) is 18.1 Å². The van der Waals surface area contributed by atoms with Crippen LogP contribution in [0.2, 0.25) is 0 Å². The molecule has 0 amide bonds. The molecule has 0 aliphatic rings. The molecule has 3 nitrogen and oxygen atoms in total. The highest BCUT2D eigenvalue weighted by molar-refractivity contribution is 9.09. The molecule has 1 aromatic rings. The Morgan fingerprint density at radius 1 is 1.37 bits per heavy atom. The van der Waals surface area contributed by atoms with Crippen LogP contribution in [0.15, 0.2) is 23.1 Å². The standard InChI is InChI=1S/C11H13BrF3NO2S/c1-7(6-12)16-19(17,18)10-5-3-4-9(8(10)2)11(13,14)15/h3-5,7,16H,6H2,1-2H3. The van der Waals surface area contributed by atoms with Gasteiger partial charge in [-0.3, -0.25) is 0 Å². The van der Waals surface area contributed by atoms with Crippen LogP contribution >= 0.6 is 15.9 Å². The molecular weight excluding hydrogens is 347 g/mol. The predicted molar refractivity (Wildman–Crippen MR) is 69.8 cm³/mol. The van der Waals surface area contributed by atoms with E-state index in [0.29, 0.717) is 5.33 Å². The molecule has 0 bridgehead atoms. The largest absolute Gasteiger partial charge is 0.416 e. The second kappa shape index (κ2) is 5.80. The number of halogens is 4. The molecule has 0 saturated carbocycles. The van der Waals surface area contributed by atoms with E-state index in [9.17, 15) is 21.6 Å². The van der Waals surface area contributed by atoms with E-state index in [4.69, 9.17) is 0 Å². The highest BCUT2D eigenvalue weighted by Gasteiger charge is 2.34. The molecule has 0 saturated heterocycles. The normalized spacial score (nSPS) is 14.4. The van der Waals surface area contributed by atoms with Gasteiger partial charge in [-0.25, -0.2) is 13.1 Å². The van der Waals surface area contributed by atoms with Crippen LogP contribution in [-0.2, 0) is 16.2 Å². The lowest BCUT2D eigenvalue weighted by Crippen LogP contribution is -2.34. The molecule has 1 aromatic carbocycles. The molecule has 0 aliphatic heterocycles. The predicted octanol–water partition coefficient (Wildman–Crippen LogP) is 3.08. The van der Waals surface area contributed by atoms with Gasteiger partial charge in [0, 0.05) is 11.4 Å². The summed E-state index contributed by atoms with van der Waals surface area (Å²) in [7, 11) is -3.97. The van der Waals surface area contributed by atoms with Gasteiger partial charge < -0.3 is 0 Å². The van der Waals surface area contributed by atoms with Gasteiger partial charge in [-0.1, -0.05) is 22.0 Å². The van der Waals surface area contributed by atoms with E-state index in [-0.39, 0.29) is 10.5 Å². The zero-order valence-corrected chi connectivity index (χ0v) is 12.7. The average Bonchev–Trinajstić information content (AvgIpc) is 2.26. The van der Waals surface area contributed by atoms with Gasteiger partial charge in [-0.15, -0.1) is 0 Å². The molecule has 0 spiro atoms. The molecular formula is C11H13BrF3NO2S.